The predicted molar refractivity (Wildman–Crippen MR) is 319 cm³/mol. The molecule has 0 bridgehead atoms. The van der Waals surface area contributed by atoms with Crippen LogP contribution in [-0.2, 0) is 32.7 Å². The number of hydrogen-bond acceptors (Lipinski definition) is 8. The Morgan fingerprint density at radius 1 is 0.427 bits per heavy atom. The number of allylic oxidation sites excluding steroid dienone is 14. The van der Waals surface area contributed by atoms with Gasteiger partial charge in [-0.05, 0) is 89.9 Å². The molecule has 0 N–H and O–H groups in total. The summed E-state index contributed by atoms with van der Waals surface area (Å²) in [6.07, 6.45) is 75.0. The Morgan fingerprint density at radius 3 is 1.15 bits per heavy atom. The fourth-order valence-corrected chi connectivity index (χ4v) is 9.15. The summed E-state index contributed by atoms with van der Waals surface area (Å²) in [4.78, 5) is 37.9. The molecule has 0 spiro atoms. The molecule has 10 heteroatoms. The van der Waals surface area contributed by atoms with Crippen LogP contribution in [0.3, 0.4) is 0 Å². The SMILES string of the molecule is CC/C=C\C/C=C\C/C=C\C/C=C\C/C=C\C/C=C\CCCCCCCCCCCCCCCCCCC(=O)OC(COC(=O)CCCCCCC/C=C\CCCCCCCCC)COP(=O)([O-])OCC[N+](C)(C)C. The first-order valence-electron chi connectivity index (χ1n) is 30.8. The van der Waals surface area contributed by atoms with Crippen molar-refractivity contribution in [3.63, 3.8) is 0 Å². The fourth-order valence-electron chi connectivity index (χ4n) is 8.42. The molecule has 0 fully saturated rings. The Hall–Kier alpha value is -2.81. The normalized spacial score (nSPS) is 13.8. The van der Waals surface area contributed by atoms with E-state index in [0.717, 1.165) is 96.3 Å². The van der Waals surface area contributed by atoms with E-state index in [1.165, 1.54) is 135 Å². The Kier molecular flexibility index (Phi) is 53.8. The number of likely N-dealkylation sites (N-methyl/N-ethyl adjacent to an activating group) is 1. The minimum absolute atomic E-state index is 0.0335. The molecule has 434 valence electrons. The average molecular weight is 1070 g/mol. The number of rotatable bonds is 56. The number of carbonyl (C=O) groups excluding carboxylic acids is 2. The van der Waals surface area contributed by atoms with E-state index in [1.807, 2.05) is 21.1 Å². The standard InChI is InChI=1S/C65H116NO8P/c1-6-8-10-12-14-16-18-20-22-24-25-26-27-28-29-30-31-32-33-34-35-36-37-38-39-40-41-42-44-46-48-50-52-54-56-58-65(68)74-63(62-73-75(69,70)72-60-59-66(3,4)5)61-71-64(67)57-55-53-51-49-47-45-43-23-21-19-17-15-13-11-9-7-2/h8,10,14,16,20,22-23,25-26,28-29,31-32,43,63H,6-7,9,11-13,15,17-19,21,24,27,30,33-42,44-62H2,1-5H3/b10-8-,16-14-,22-20-,26-25-,29-28-,32-31-,43-23-. The van der Waals surface area contributed by atoms with Crippen molar-refractivity contribution < 1.29 is 42.1 Å². The first-order chi connectivity index (χ1) is 36.5. The van der Waals surface area contributed by atoms with E-state index in [2.05, 4.69) is 98.9 Å². The maximum atomic E-state index is 12.8. The smallest absolute Gasteiger partial charge is 0.306 e. The zero-order valence-corrected chi connectivity index (χ0v) is 50.1. The number of phosphoric ester groups is 1. The molecule has 0 aliphatic carbocycles. The second-order valence-corrected chi connectivity index (χ2v) is 23.1. The van der Waals surface area contributed by atoms with E-state index in [9.17, 15) is 19.0 Å². The molecular formula is C65H116NO8P. The van der Waals surface area contributed by atoms with Gasteiger partial charge in [0.1, 0.15) is 19.8 Å². The van der Waals surface area contributed by atoms with Gasteiger partial charge in [-0.1, -0.05) is 247 Å². The lowest BCUT2D eigenvalue weighted by atomic mass is 10.0. The molecular weight excluding hydrogens is 954 g/mol. The van der Waals surface area contributed by atoms with Gasteiger partial charge in [0.05, 0.1) is 27.7 Å². The quantitative estimate of drug-likeness (QED) is 0.0195. The maximum absolute atomic E-state index is 12.8. The highest BCUT2D eigenvalue weighted by Crippen LogP contribution is 2.38. The largest absolute Gasteiger partial charge is 0.756 e. The van der Waals surface area contributed by atoms with Gasteiger partial charge in [-0.15, -0.1) is 0 Å². The fraction of sp³-hybridized carbons (Fsp3) is 0.754. The zero-order chi connectivity index (χ0) is 54.9. The van der Waals surface area contributed by atoms with E-state index in [-0.39, 0.29) is 32.0 Å². The van der Waals surface area contributed by atoms with Gasteiger partial charge in [0.2, 0.25) is 0 Å². The van der Waals surface area contributed by atoms with Crippen molar-refractivity contribution >= 4 is 19.8 Å². The Balaban J connectivity index is 4.05. The molecule has 0 rings (SSSR count). The zero-order valence-electron chi connectivity index (χ0n) is 49.2. The van der Waals surface area contributed by atoms with Crippen LogP contribution >= 0.6 is 7.82 Å². The van der Waals surface area contributed by atoms with Crippen molar-refractivity contribution in [1.82, 2.24) is 0 Å². The molecule has 0 radical (unpaired) electrons. The number of nitrogens with zero attached hydrogens (tertiary/aromatic N) is 1. The lowest BCUT2D eigenvalue weighted by Crippen LogP contribution is -2.37. The number of carbonyl (C=O) groups is 2. The molecule has 0 saturated carbocycles. The summed E-state index contributed by atoms with van der Waals surface area (Å²) in [7, 11) is 1.16. The summed E-state index contributed by atoms with van der Waals surface area (Å²) in [6.45, 7) is 4.13. The van der Waals surface area contributed by atoms with Crippen molar-refractivity contribution in [2.45, 2.75) is 270 Å². The predicted octanol–water partition coefficient (Wildman–Crippen LogP) is 18.8. The summed E-state index contributed by atoms with van der Waals surface area (Å²) >= 11 is 0. The molecule has 0 aromatic heterocycles. The summed E-state index contributed by atoms with van der Waals surface area (Å²) in [5.74, 6) is -0.838. The number of phosphoric acid groups is 1. The van der Waals surface area contributed by atoms with Crippen molar-refractivity contribution in [2.24, 2.45) is 0 Å². The highest BCUT2D eigenvalue weighted by atomic mass is 31.2. The molecule has 0 aromatic rings. The molecule has 0 heterocycles. The molecule has 0 aliphatic rings. The number of esters is 2. The lowest BCUT2D eigenvalue weighted by Gasteiger charge is -2.28. The van der Waals surface area contributed by atoms with Gasteiger partial charge in [-0.2, -0.15) is 0 Å². The Labute approximate surface area is 462 Å². The summed E-state index contributed by atoms with van der Waals surface area (Å²) in [5, 5.41) is 0. The van der Waals surface area contributed by atoms with Crippen LogP contribution in [0.25, 0.3) is 0 Å². The van der Waals surface area contributed by atoms with Crippen LogP contribution in [0.2, 0.25) is 0 Å². The molecule has 0 saturated heterocycles. The van der Waals surface area contributed by atoms with Gasteiger partial charge >= 0.3 is 11.9 Å². The number of hydrogen-bond donors (Lipinski definition) is 0. The number of quaternary nitrogens is 1. The van der Waals surface area contributed by atoms with Crippen molar-refractivity contribution in [3.8, 4) is 0 Å². The highest BCUT2D eigenvalue weighted by molar-refractivity contribution is 7.45. The van der Waals surface area contributed by atoms with Crippen molar-refractivity contribution in [2.75, 3.05) is 47.5 Å². The van der Waals surface area contributed by atoms with Gasteiger partial charge in [0.25, 0.3) is 7.82 Å². The van der Waals surface area contributed by atoms with E-state index >= 15 is 0 Å². The molecule has 2 unspecified atom stereocenters. The first kappa shape index (κ1) is 72.2. The van der Waals surface area contributed by atoms with Gasteiger partial charge in [0, 0.05) is 12.8 Å². The second kappa shape index (κ2) is 55.9. The summed E-state index contributed by atoms with van der Waals surface area (Å²) in [6, 6.07) is 0. The maximum Gasteiger partial charge on any atom is 0.306 e. The third-order valence-electron chi connectivity index (χ3n) is 13.1. The highest BCUT2D eigenvalue weighted by Gasteiger charge is 2.22. The third-order valence-corrected chi connectivity index (χ3v) is 14.1. The van der Waals surface area contributed by atoms with Crippen LogP contribution in [0.15, 0.2) is 85.1 Å². The van der Waals surface area contributed by atoms with E-state index in [1.54, 1.807) is 0 Å². The minimum atomic E-state index is -4.64. The topological polar surface area (TPSA) is 111 Å². The number of ether oxygens (including phenoxy) is 2. The van der Waals surface area contributed by atoms with Gasteiger partial charge in [-0.25, -0.2) is 0 Å². The Morgan fingerprint density at radius 2 is 0.760 bits per heavy atom. The van der Waals surface area contributed by atoms with E-state index in [0.29, 0.717) is 17.4 Å². The second-order valence-electron chi connectivity index (χ2n) is 21.7. The minimum Gasteiger partial charge on any atom is -0.756 e. The van der Waals surface area contributed by atoms with Crippen molar-refractivity contribution in [3.05, 3.63) is 85.1 Å². The molecule has 75 heavy (non-hydrogen) atoms. The molecule has 2 atom stereocenters. The van der Waals surface area contributed by atoms with Crippen LogP contribution in [0.5, 0.6) is 0 Å². The summed E-state index contributed by atoms with van der Waals surface area (Å²) < 4.78 is 34.2. The van der Waals surface area contributed by atoms with Gasteiger partial charge < -0.3 is 27.9 Å². The van der Waals surface area contributed by atoms with Crippen LogP contribution in [-0.4, -0.2) is 70.0 Å². The molecule has 0 amide bonds. The van der Waals surface area contributed by atoms with Crippen LogP contribution < -0.4 is 4.89 Å². The third kappa shape index (κ3) is 60.3. The van der Waals surface area contributed by atoms with Gasteiger partial charge in [0.15, 0.2) is 6.10 Å². The van der Waals surface area contributed by atoms with Gasteiger partial charge in [-0.3, -0.25) is 14.2 Å². The van der Waals surface area contributed by atoms with E-state index in [4.69, 9.17) is 18.5 Å². The van der Waals surface area contributed by atoms with Crippen molar-refractivity contribution in [1.29, 1.82) is 0 Å². The summed E-state index contributed by atoms with van der Waals surface area (Å²) in [5.41, 5.74) is 0. The molecule has 0 aliphatic heterocycles. The van der Waals surface area contributed by atoms with Crippen LogP contribution in [0.1, 0.15) is 264 Å². The first-order valence-corrected chi connectivity index (χ1v) is 32.3. The van der Waals surface area contributed by atoms with Crippen LogP contribution in [0.4, 0.5) is 0 Å². The monoisotopic (exact) mass is 1070 g/mol. The molecule has 0 aromatic carbocycles. The lowest BCUT2D eigenvalue weighted by molar-refractivity contribution is -0.870. The molecule has 9 nitrogen and oxygen atoms in total. The average Bonchev–Trinajstić information content (AvgIpc) is 3.37. The number of unbranched alkanes of at least 4 members (excludes halogenated alkanes) is 28. The van der Waals surface area contributed by atoms with Crippen LogP contribution in [0, 0.1) is 0 Å². The van der Waals surface area contributed by atoms with E-state index < -0.39 is 26.5 Å². The Bertz CT molecular complexity index is 1540.